The maximum atomic E-state index is 2.38. The summed E-state index contributed by atoms with van der Waals surface area (Å²) >= 11 is 0.131. The molecule has 0 aliphatic heterocycles. The Kier molecular flexibility index (Phi) is 4.50. The molecule has 0 saturated carbocycles. The van der Waals surface area contributed by atoms with Gasteiger partial charge in [0.1, 0.15) is 0 Å². The quantitative estimate of drug-likeness (QED) is 0.597. The Balaban J connectivity index is 0.00000144. The molecule has 0 N–H and O–H groups in total. The van der Waals surface area contributed by atoms with Gasteiger partial charge in [-0.05, 0) is 0 Å². The van der Waals surface area contributed by atoms with Gasteiger partial charge in [0, 0.05) is 0 Å². The van der Waals surface area contributed by atoms with E-state index in [1.165, 1.54) is 0 Å². The van der Waals surface area contributed by atoms with E-state index in [1.54, 1.807) is 20.6 Å². The first-order chi connectivity index (χ1) is 5.42. The molecule has 0 bridgehead atoms. The van der Waals surface area contributed by atoms with E-state index >= 15 is 0 Å². The SMILES string of the molecule is Cl.[CH3][Ti][C]1=C(C)C(C)=C(C)C1(C)C. The van der Waals surface area contributed by atoms with Crippen molar-refractivity contribution in [2.45, 2.75) is 39.8 Å². The van der Waals surface area contributed by atoms with Gasteiger partial charge in [-0.3, -0.25) is 0 Å². The van der Waals surface area contributed by atoms with E-state index in [4.69, 9.17) is 0 Å². The number of allylic oxidation sites excluding steroid dienone is 4. The van der Waals surface area contributed by atoms with Gasteiger partial charge in [-0.25, -0.2) is 0 Å². The van der Waals surface area contributed by atoms with E-state index in [2.05, 4.69) is 39.8 Å². The summed E-state index contributed by atoms with van der Waals surface area (Å²) < 4.78 is 1.75. The first-order valence-electron chi connectivity index (χ1n) is 4.50. The van der Waals surface area contributed by atoms with Crippen LogP contribution < -0.4 is 0 Å². The molecule has 0 amide bonds. The van der Waals surface area contributed by atoms with Crippen LogP contribution in [0.5, 0.6) is 0 Å². The molecule has 1 rings (SSSR count). The molecule has 0 saturated heterocycles. The summed E-state index contributed by atoms with van der Waals surface area (Å²) in [5.74, 6) is 0. The third-order valence-corrected chi connectivity index (χ3v) is 5.65. The van der Waals surface area contributed by atoms with Gasteiger partial charge in [-0.2, -0.15) is 0 Å². The van der Waals surface area contributed by atoms with Gasteiger partial charge in [0.15, 0.2) is 0 Å². The summed E-state index contributed by atoms with van der Waals surface area (Å²) in [7, 11) is 0. The molecule has 0 radical (unpaired) electrons. The van der Waals surface area contributed by atoms with E-state index in [-0.39, 0.29) is 31.6 Å². The molecule has 0 spiro atoms. The molecule has 0 atom stereocenters. The van der Waals surface area contributed by atoms with Crippen LogP contribution in [0.15, 0.2) is 20.6 Å². The summed E-state index contributed by atoms with van der Waals surface area (Å²) in [5, 5.41) is 2.38. The second-order valence-corrected chi connectivity index (χ2v) is 5.69. The molecular formula is C11H19ClTi. The zero-order chi connectivity index (χ0) is 9.52. The van der Waals surface area contributed by atoms with E-state index in [9.17, 15) is 0 Å². The third-order valence-electron chi connectivity index (χ3n) is 3.31. The zero-order valence-electron chi connectivity index (χ0n) is 9.41. The monoisotopic (exact) mass is 234 g/mol. The molecular weight excluding hydrogens is 215 g/mol. The van der Waals surface area contributed by atoms with Crippen molar-refractivity contribution < 1.29 is 19.2 Å². The van der Waals surface area contributed by atoms with E-state index in [1.807, 2.05) is 0 Å². The Morgan fingerprint density at radius 2 is 1.46 bits per heavy atom. The molecule has 2 heteroatoms. The first kappa shape index (κ1) is 13.5. The summed E-state index contributed by atoms with van der Waals surface area (Å²) in [6.45, 7) is 11.6. The second kappa shape index (κ2) is 4.34. The third kappa shape index (κ3) is 1.96. The average Bonchev–Trinajstić information content (AvgIpc) is 2.13. The van der Waals surface area contributed by atoms with Crippen molar-refractivity contribution in [3.05, 3.63) is 20.6 Å². The molecule has 0 unspecified atom stereocenters. The fourth-order valence-corrected chi connectivity index (χ4v) is 4.24. The Hall–Kier alpha value is 0.484. The van der Waals surface area contributed by atoms with Gasteiger partial charge in [-0.1, -0.05) is 0 Å². The molecule has 0 nitrogen and oxygen atoms in total. The predicted octanol–water partition coefficient (Wildman–Crippen LogP) is 4.19. The standard InChI is InChI=1S/C10H15.CH3.ClH.Ti/c1-7-6-10(4,5)9(3)8(7)2;;;/h1-5H3;1H3;1H;. The predicted molar refractivity (Wildman–Crippen MR) is 58.0 cm³/mol. The van der Waals surface area contributed by atoms with Crippen LogP contribution >= 0.6 is 12.4 Å². The van der Waals surface area contributed by atoms with Crippen LogP contribution in [0, 0.1) is 5.41 Å². The number of rotatable bonds is 1. The van der Waals surface area contributed by atoms with Crippen molar-refractivity contribution in [3.8, 4) is 0 Å². The molecule has 0 aromatic rings. The molecule has 0 aromatic heterocycles. The molecule has 13 heavy (non-hydrogen) atoms. The van der Waals surface area contributed by atoms with Crippen LogP contribution in [0.2, 0.25) is 5.23 Å². The van der Waals surface area contributed by atoms with E-state index in [0.717, 1.165) is 0 Å². The fourth-order valence-electron chi connectivity index (χ4n) is 2.09. The van der Waals surface area contributed by atoms with Crippen molar-refractivity contribution in [1.82, 2.24) is 0 Å². The number of hydrogen-bond donors (Lipinski definition) is 0. The summed E-state index contributed by atoms with van der Waals surface area (Å²) in [5.41, 5.74) is 5.09. The van der Waals surface area contributed by atoms with Crippen LogP contribution in [-0.2, 0) is 19.2 Å². The van der Waals surface area contributed by atoms with Crippen molar-refractivity contribution in [2.24, 2.45) is 5.41 Å². The summed E-state index contributed by atoms with van der Waals surface area (Å²) in [6.07, 6.45) is 0. The van der Waals surface area contributed by atoms with Crippen molar-refractivity contribution in [1.29, 1.82) is 0 Å². The van der Waals surface area contributed by atoms with Crippen molar-refractivity contribution in [2.75, 3.05) is 0 Å². The van der Waals surface area contributed by atoms with E-state index < -0.39 is 0 Å². The zero-order valence-corrected chi connectivity index (χ0v) is 11.8. The summed E-state index contributed by atoms with van der Waals surface area (Å²) in [6, 6.07) is 0. The average molecular weight is 235 g/mol. The van der Waals surface area contributed by atoms with Gasteiger partial charge < -0.3 is 0 Å². The summed E-state index contributed by atoms with van der Waals surface area (Å²) in [4.78, 5) is 0. The van der Waals surface area contributed by atoms with Crippen LogP contribution in [0.3, 0.4) is 0 Å². The first-order valence-corrected chi connectivity index (χ1v) is 6.84. The van der Waals surface area contributed by atoms with Crippen LogP contribution in [0.1, 0.15) is 34.6 Å². The minimum absolute atomic E-state index is 0. The Labute approximate surface area is 97.2 Å². The van der Waals surface area contributed by atoms with Crippen LogP contribution in [0.4, 0.5) is 0 Å². The molecule has 0 heterocycles. The van der Waals surface area contributed by atoms with Gasteiger partial charge in [0.2, 0.25) is 0 Å². The van der Waals surface area contributed by atoms with Gasteiger partial charge in [0.25, 0.3) is 0 Å². The molecule has 1 aliphatic rings. The normalized spacial score (nSPS) is 20.5. The number of hydrogen-bond acceptors (Lipinski definition) is 0. The fraction of sp³-hybridized carbons (Fsp3) is 0.636. The topological polar surface area (TPSA) is 0 Å². The van der Waals surface area contributed by atoms with Gasteiger partial charge >= 0.3 is 85.0 Å². The van der Waals surface area contributed by atoms with Gasteiger partial charge in [0.05, 0.1) is 0 Å². The Morgan fingerprint density at radius 1 is 1.00 bits per heavy atom. The maximum absolute atomic E-state index is 2.38. The minimum atomic E-state index is 0. The second-order valence-electron chi connectivity index (χ2n) is 4.12. The van der Waals surface area contributed by atoms with Crippen LogP contribution in [0.25, 0.3) is 0 Å². The number of halogens is 1. The van der Waals surface area contributed by atoms with Crippen molar-refractivity contribution >= 4 is 12.4 Å². The Bertz CT molecular complexity index is 272. The van der Waals surface area contributed by atoms with Crippen LogP contribution in [-0.4, -0.2) is 0 Å². The Morgan fingerprint density at radius 3 is 1.62 bits per heavy atom. The molecule has 0 aromatic carbocycles. The molecule has 74 valence electrons. The molecule has 1 aliphatic carbocycles. The van der Waals surface area contributed by atoms with E-state index in [0.29, 0.717) is 5.41 Å². The van der Waals surface area contributed by atoms with Crippen molar-refractivity contribution in [3.63, 3.8) is 0 Å². The molecule has 0 fully saturated rings. The van der Waals surface area contributed by atoms with Gasteiger partial charge in [-0.15, -0.1) is 12.4 Å².